The van der Waals surface area contributed by atoms with Gasteiger partial charge in [0.2, 0.25) is 5.89 Å². The van der Waals surface area contributed by atoms with Crippen LogP contribution >= 0.6 is 11.3 Å². The zero-order valence-corrected chi connectivity index (χ0v) is 10.4. The van der Waals surface area contributed by atoms with Crippen molar-refractivity contribution in [2.24, 2.45) is 0 Å². The van der Waals surface area contributed by atoms with Crippen LogP contribution in [0.25, 0.3) is 12.2 Å². The van der Waals surface area contributed by atoms with Gasteiger partial charge in [-0.05, 0) is 6.08 Å². The minimum absolute atomic E-state index is 0.00355. The molecule has 2 rings (SSSR count). The minimum Gasteiger partial charge on any atom is -0.441 e. The first-order valence-electron chi connectivity index (χ1n) is 5.08. The van der Waals surface area contributed by atoms with Gasteiger partial charge in [0.15, 0.2) is 0 Å². The van der Waals surface area contributed by atoms with Gasteiger partial charge in [-0.25, -0.2) is 4.98 Å². The van der Waals surface area contributed by atoms with E-state index in [-0.39, 0.29) is 5.41 Å². The SMILES string of the molecule is CC(C)(C)c1cnc(/C=C/c2cncs2)o1. The molecule has 16 heavy (non-hydrogen) atoms. The van der Waals surface area contributed by atoms with Crippen molar-refractivity contribution in [1.29, 1.82) is 0 Å². The maximum absolute atomic E-state index is 5.63. The molecule has 0 amide bonds. The Hall–Kier alpha value is -1.42. The van der Waals surface area contributed by atoms with Crippen LogP contribution in [0.4, 0.5) is 0 Å². The van der Waals surface area contributed by atoms with E-state index in [2.05, 4.69) is 30.7 Å². The lowest BCUT2D eigenvalue weighted by Gasteiger charge is -2.12. The zero-order valence-electron chi connectivity index (χ0n) is 9.60. The van der Waals surface area contributed by atoms with Gasteiger partial charge in [-0.1, -0.05) is 20.8 Å². The zero-order chi connectivity index (χ0) is 11.6. The number of rotatable bonds is 2. The molecule has 0 spiro atoms. The number of hydrogen-bond acceptors (Lipinski definition) is 4. The molecule has 0 aliphatic rings. The van der Waals surface area contributed by atoms with Crippen LogP contribution < -0.4 is 0 Å². The van der Waals surface area contributed by atoms with Gasteiger partial charge in [0.25, 0.3) is 0 Å². The Morgan fingerprint density at radius 2 is 2.06 bits per heavy atom. The summed E-state index contributed by atoms with van der Waals surface area (Å²) in [6.45, 7) is 6.30. The van der Waals surface area contributed by atoms with E-state index in [4.69, 9.17) is 4.42 Å². The van der Waals surface area contributed by atoms with Crippen molar-refractivity contribution in [3.8, 4) is 0 Å². The summed E-state index contributed by atoms with van der Waals surface area (Å²) in [4.78, 5) is 9.30. The monoisotopic (exact) mass is 234 g/mol. The summed E-state index contributed by atoms with van der Waals surface area (Å²) in [6, 6.07) is 0. The second kappa shape index (κ2) is 4.22. The van der Waals surface area contributed by atoms with E-state index in [1.165, 1.54) is 0 Å². The van der Waals surface area contributed by atoms with E-state index in [0.29, 0.717) is 5.89 Å². The molecule has 84 valence electrons. The fourth-order valence-electron chi connectivity index (χ4n) is 1.17. The fourth-order valence-corrected chi connectivity index (χ4v) is 1.68. The summed E-state index contributed by atoms with van der Waals surface area (Å²) in [5.41, 5.74) is 1.80. The van der Waals surface area contributed by atoms with Crippen LogP contribution in [0.3, 0.4) is 0 Å². The lowest BCUT2D eigenvalue weighted by molar-refractivity contribution is 0.403. The molecule has 0 radical (unpaired) electrons. The fraction of sp³-hybridized carbons (Fsp3) is 0.333. The first-order chi connectivity index (χ1) is 7.55. The third-order valence-electron chi connectivity index (χ3n) is 2.10. The third-order valence-corrected chi connectivity index (χ3v) is 2.85. The summed E-state index contributed by atoms with van der Waals surface area (Å²) in [6.07, 6.45) is 7.42. The first-order valence-corrected chi connectivity index (χ1v) is 5.96. The van der Waals surface area contributed by atoms with Crippen LogP contribution in [0.2, 0.25) is 0 Å². The molecule has 4 heteroatoms. The lowest BCUT2D eigenvalue weighted by Crippen LogP contribution is -2.09. The van der Waals surface area contributed by atoms with Gasteiger partial charge in [-0.15, -0.1) is 11.3 Å². The summed E-state index contributed by atoms with van der Waals surface area (Å²) >= 11 is 1.59. The Bertz CT molecular complexity index is 477. The molecule has 2 aromatic heterocycles. The quantitative estimate of drug-likeness (QED) is 0.797. The molecule has 0 fully saturated rings. The summed E-state index contributed by atoms with van der Waals surface area (Å²) < 4.78 is 5.63. The van der Waals surface area contributed by atoms with Gasteiger partial charge in [0.1, 0.15) is 5.76 Å². The molecular weight excluding hydrogens is 220 g/mol. The maximum atomic E-state index is 5.63. The molecule has 0 aliphatic heterocycles. The van der Waals surface area contributed by atoms with Crippen molar-refractivity contribution < 1.29 is 4.42 Å². The summed E-state index contributed by atoms with van der Waals surface area (Å²) in [7, 11) is 0. The Balaban J connectivity index is 2.15. The summed E-state index contributed by atoms with van der Waals surface area (Å²) in [5, 5.41) is 0. The van der Waals surface area contributed by atoms with E-state index in [0.717, 1.165) is 10.6 Å². The predicted octanol–water partition coefficient (Wildman–Crippen LogP) is 3.60. The van der Waals surface area contributed by atoms with Crippen LogP contribution in [0.5, 0.6) is 0 Å². The highest BCUT2D eigenvalue weighted by Gasteiger charge is 2.18. The normalized spacial score (nSPS) is 12.4. The highest BCUT2D eigenvalue weighted by Crippen LogP contribution is 2.23. The van der Waals surface area contributed by atoms with Crippen LogP contribution in [-0.2, 0) is 5.41 Å². The van der Waals surface area contributed by atoms with Gasteiger partial charge in [-0.3, -0.25) is 4.98 Å². The van der Waals surface area contributed by atoms with Crippen molar-refractivity contribution in [2.75, 3.05) is 0 Å². The Morgan fingerprint density at radius 1 is 1.25 bits per heavy atom. The molecule has 0 unspecified atom stereocenters. The van der Waals surface area contributed by atoms with Crippen molar-refractivity contribution in [1.82, 2.24) is 9.97 Å². The average molecular weight is 234 g/mol. The number of aromatic nitrogens is 2. The second-order valence-corrected chi connectivity index (χ2v) is 5.47. The number of hydrogen-bond donors (Lipinski definition) is 0. The average Bonchev–Trinajstić information content (AvgIpc) is 2.85. The van der Waals surface area contributed by atoms with Gasteiger partial charge >= 0.3 is 0 Å². The Labute approximate surface area is 98.9 Å². The minimum atomic E-state index is 0.00355. The first kappa shape index (κ1) is 11.1. The molecule has 0 bridgehead atoms. The molecule has 0 N–H and O–H groups in total. The van der Waals surface area contributed by atoms with Crippen molar-refractivity contribution in [3.05, 3.63) is 34.4 Å². The smallest absolute Gasteiger partial charge is 0.218 e. The highest BCUT2D eigenvalue weighted by molar-refractivity contribution is 7.10. The summed E-state index contributed by atoms with van der Waals surface area (Å²) in [5.74, 6) is 1.54. The molecule has 3 nitrogen and oxygen atoms in total. The second-order valence-electron chi connectivity index (χ2n) is 4.55. The van der Waals surface area contributed by atoms with E-state index >= 15 is 0 Å². The van der Waals surface area contributed by atoms with Crippen LogP contribution in [0.1, 0.15) is 37.3 Å². The largest absolute Gasteiger partial charge is 0.441 e. The number of nitrogens with zero attached hydrogens (tertiary/aromatic N) is 2. The molecule has 0 atom stereocenters. The van der Waals surface area contributed by atoms with Crippen LogP contribution in [0.15, 0.2) is 22.3 Å². The van der Waals surface area contributed by atoms with E-state index in [1.54, 1.807) is 23.0 Å². The number of thiazole rings is 1. The van der Waals surface area contributed by atoms with Gasteiger partial charge in [-0.2, -0.15) is 0 Å². The Morgan fingerprint density at radius 3 is 2.62 bits per heavy atom. The topological polar surface area (TPSA) is 38.9 Å². The van der Waals surface area contributed by atoms with Crippen molar-refractivity contribution in [3.63, 3.8) is 0 Å². The van der Waals surface area contributed by atoms with Gasteiger partial charge < -0.3 is 4.42 Å². The molecule has 0 aliphatic carbocycles. The van der Waals surface area contributed by atoms with Crippen molar-refractivity contribution >= 4 is 23.5 Å². The van der Waals surface area contributed by atoms with Crippen molar-refractivity contribution in [2.45, 2.75) is 26.2 Å². The van der Waals surface area contributed by atoms with Crippen LogP contribution in [-0.4, -0.2) is 9.97 Å². The maximum Gasteiger partial charge on any atom is 0.218 e. The lowest BCUT2D eigenvalue weighted by atomic mass is 9.94. The standard InChI is InChI=1S/C12H14N2OS/c1-12(2,3)10-7-14-11(15-10)5-4-9-6-13-8-16-9/h4-8H,1-3H3/b5-4+. The van der Waals surface area contributed by atoms with E-state index in [9.17, 15) is 0 Å². The van der Waals surface area contributed by atoms with Gasteiger partial charge in [0, 0.05) is 22.6 Å². The third kappa shape index (κ3) is 2.58. The van der Waals surface area contributed by atoms with Gasteiger partial charge in [0.05, 0.1) is 11.7 Å². The predicted molar refractivity (Wildman–Crippen MR) is 66.2 cm³/mol. The molecular formula is C12H14N2OS. The van der Waals surface area contributed by atoms with E-state index < -0.39 is 0 Å². The number of oxazole rings is 1. The molecule has 0 saturated heterocycles. The highest BCUT2D eigenvalue weighted by atomic mass is 32.1. The molecule has 2 heterocycles. The Kier molecular flexibility index (Phi) is 2.92. The molecule has 2 aromatic rings. The van der Waals surface area contributed by atoms with Crippen LogP contribution in [0, 0.1) is 0 Å². The van der Waals surface area contributed by atoms with E-state index in [1.807, 2.05) is 18.3 Å². The molecule has 0 aromatic carbocycles. The molecule has 0 saturated carbocycles.